The van der Waals surface area contributed by atoms with Gasteiger partial charge in [-0.25, -0.2) is 14.2 Å². The van der Waals surface area contributed by atoms with Crippen LogP contribution in [0, 0.1) is 0 Å². The molecule has 1 aromatic heterocycles. The van der Waals surface area contributed by atoms with E-state index in [1.54, 1.807) is 37.4 Å². The Hall–Kier alpha value is -4.34. The predicted octanol–water partition coefficient (Wildman–Crippen LogP) is 5.34. The molecule has 0 fully saturated rings. The first-order valence-corrected chi connectivity index (χ1v) is 11.5. The summed E-state index contributed by atoms with van der Waals surface area (Å²) in [7, 11) is 1.78. The topological polar surface area (TPSA) is 81.0 Å². The smallest absolute Gasteiger partial charge is 0.388 e. The number of benzene rings is 2. The second kappa shape index (κ2) is 12.1. The van der Waals surface area contributed by atoms with Gasteiger partial charge in [0, 0.05) is 25.0 Å². The fraction of sp³-hybridized carbons (Fsp3) is 0.222. The molecule has 0 aliphatic carbocycles. The van der Waals surface area contributed by atoms with Crippen molar-refractivity contribution >= 4 is 17.3 Å². The molecule has 194 valence electrons. The minimum Gasteiger partial charge on any atom is -0.388 e. The van der Waals surface area contributed by atoms with Gasteiger partial charge in [-0.1, -0.05) is 54.7 Å². The van der Waals surface area contributed by atoms with Gasteiger partial charge in [0.2, 0.25) is 5.95 Å². The maximum absolute atomic E-state index is 13.4. The third-order valence-corrected chi connectivity index (χ3v) is 5.54. The van der Waals surface area contributed by atoms with E-state index in [0.717, 1.165) is 33.5 Å². The summed E-state index contributed by atoms with van der Waals surface area (Å²) >= 11 is 0. The molecule has 1 heterocycles. The van der Waals surface area contributed by atoms with Gasteiger partial charge in [0.1, 0.15) is 0 Å². The highest BCUT2D eigenvalue weighted by atomic mass is 19.4. The Morgan fingerprint density at radius 3 is 2.43 bits per heavy atom. The molecule has 0 saturated carbocycles. The molecule has 0 atom stereocenters. The molecule has 2 N–H and O–H groups in total. The molecule has 0 aliphatic heterocycles. The van der Waals surface area contributed by atoms with Crippen molar-refractivity contribution in [3.8, 4) is 0 Å². The summed E-state index contributed by atoms with van der Waals surface area (Å²) in [5, 5.41) is 5.74. The SMILES string of the molecule is C=C/C=C\C=C(/C)CCn1c(=O)nc(Nc2cccc(C(F)(F)F)c2)n(Cc2ccc(NC)cc2)c1=O. The molecular weight excluding hydrogens is 483 g/mol. The highest BCUT2D eigenvalue weighted by Crippen LogP contribution is 2.31. The van der Waals surface area contributed by atoms with Crippen LogP contribution < -0.4 is 22.0 Å². The molecule has 10 heteroatoms. The number of hydrogen-bond donors (Lipinski definition) is 2. The van der Waals surface area contributed by atoms with E-state index in [1.165, 1.54) is 16.7 Å². The third kappa shape index (κ3) is 7.33. The first-order valence-electron chi connectivity index (χ1n) is 11.5. The molecule has 3 aromatic rings. The Bertz CT molecular complexity index is 1420. The molecule has 0 bridgehead atoms. The van der Waals surface area contributed by atoms with E-state index in [1.807, 2.05) is 25.1 Å². The minimum atomic E-state index is -4.55. The van der Waals surface area contributed by atoms with Gasteiger partial charge in [0.05, 0.1) is 12.1 Å². The van der Waals surface area contributed by atoms with Crippen molar-refractivity contribution in [1.29, 1.82) is 0 Å². The fourth-order valence-electron chi connectivity index (χ4n) is 3.49. The van der Waals surface area contributed by atoms with Crippen molar-refractivity contribution in [2.75, 3.05) is 17.7 Å². The second-order valence-corrected chi connectivity index (χ2v) is 8.27. The van der Waals surface area contributed by atoms with Gasteiger partial charge in [-0.15, -0.1) is 0 Å². The number of rotatable bonds is 10. The van der Waals surface area contributed by atoms with Gasteiger partial charge >= 0.3 is 17.6 Å². The molecule has 0 spiro atoms. The summed E-state index contributed by atoms with van der Waals surface area (Å²) in [5.74, 6) is -0.149. The van der Waals surface area contributed by atoms with Crippen molar-refractivity contribution in [3.63, 3.8) is 0 Å². The second-order valence-electron chi connectivity index (χ2n) is 8.27. The van der Waals surface area contributed by atoms with Gasteiger partial charge in [-0.05, 0) is 49.2 Å². The number of nitrogens with one attached hydrogen (secondary N) is 2. The third-order valence-electron chi connectivity index (χ3n) is 5.54. The number of nitrogens with zero attached hydrogens (tertiary/aromatic N) is 3. The van der Waals surface area contributed by atoms with Crippen LogP contribution in [-0.4, -0.2) is 21.2 Å². The van der Waals surface area contributed by atoms with Gasteiger partial charge in [-0.2, -0.15) is 18.2 Å². The summed E-state index contributed by atoms with van der Waals surface area (Å²) in [5.41, 5.74) is 0.309. The first-order chi connectivity index (χ1) is 17.6. The molecule has 0 aliphatic rings. The summed E-state index contributed by atoms with van der Waals surface area (Å²) < 4.78 is 41.8. The van der Waals surface area contributed by atoms with E-state index in [-0.39, 0.29) is 24.7 Å². The molecule has 7 nitrogen and oxygen atoms in total. The van der Waals surface area contributed by atoms with Crippen LogP contribution in [0.25, 0.3) is 0 Å². The Kier molecular flexibility index (Phi) is 8.89. The molecule has 37 heavy (non-hydrogen) atoms. The maximum atomic E-state index is 13.4. The van der Waals surface area contributed by atoms with Gasteiger partial charge < -0.3 is 10.6 Å². The summed E-state index contributed by atoms with van der Waals surface area (Å²) in [4.78, 5) is 30.3. The minimum absolute atomic E-state index is 0.0472. The van der Waals surface area contributed by atoms with Gasteiger partial charge in [0.15, 0.2) is 0 Å². The maximum Gasteiger partial charge on any atom is 0.416 e. The van der Waals surface area contributed by atoms with E-state index >= 15 is 0 Å². The van der Waals surface area contributed by atoms with Crippen molar-refractivity contribution < 1.29 is 13.2 Å². The summed E-state index contributed by atoms with van der Waals surface area (Å²) in [6, 6.07) is 11.7. The summed E-state index contributed by atoms with van der Waals surface area (Å²) in [6.07, 6.45) is 2.93. The zero-order valence-corrected chi connectivity index (χ0v) is 20.5. The van der Waals surface area contributed by atoms with Crippen molar-refractivity contribution in [1.82, 2.24) is 14.1 Å². The highest BCUT2D eigenvalue weighted by Gasteiger charge is 2.30. The lowest BCUT2D eigenvalue weighted by atomic mass is 10.2. The largest absolute Gasteiger partial charge is 0.416 e. The average Bonchev–Trinajstić information content (AvgIpc) is 2.86. The van der Waals surface area contributed by atoms with Crippen molar-refractivity contribution in [2.45, 2.75) is 32.6 Å². The van der Waals surface area contributed by atoms with Gasteiger partial charge in [-0.3, -0.25) is 4.57 Å². The van der Waals surface area contributed by atoms with Crippen LogP contribution in [-0.2, 0) is 19.3 Å². The zero-order chi connectivity index (χ0) is 27.0. The number of allylic oxidation sites excluding steroid dienone is 5. The molecule has 0 amide bonds. The van der Waals surface area contributed by atoms with E-state index < -0.39 is 23.1 Å². The fourth-order valence-corrected chi connectivity index (χ4v) is 3.49. The van der Waals surface area contributed by atoms with Crippen LogP contribution in [0.4, 0.5) is 30.5 Å². The molecule has 0 radical (unpaired) electrons. The zero-order valence-electron chi connectivity index (χ0n) is 20.5. The predicted molar refractivity (Wildman–Crippen MR) is 140 cm³/mol. The van der Waals surface area contributed by atoms with Crippen molar-refractivity contribution in [3.05, 3.63) is 117 Å². The number of aromatic nitrogens is 3. The van der Waals surface area contributed by atoms with Crippen LogP contribution in [0.15, 0.2) is 94.6 Å². The van der Waals surface area contributed by atoms with E-state index in [0.29, 0.717) is 6.42 Å². The highest BCUT2D eigenvalue weighted by molar-refractivity contribution is 5.55. The molecular formula is C27H28F3N5O2. The number of alkyl halides is 3. The molecule has 0 unspecified atom stereocenters. The quantitative estimate of drug-likeness (QED) is 0.360. The van der Waals surface area contributed by atoms with Gasteiger partial charge in [0.25, 0.3) is 0 Å². The van der Waals surface area contributed by atoms with Crippen LogP contribution in [0.3, 0.4) is 0 Å². The monoisotopic (exact) mass is 511 g/mol. The lowest BCUT2D eigenvalue weighted by Crippen LogP contribution is -2.42. The van der Waals surface area contributed by atoms with E-state index in [9.17, 15) is 22.8 Å². The van der Waals surface area contributed by atoms with Crippen molar-refractivity contribution in [2.24, 2.45) is 0 Å². The molecule has 3 rings (SSSR count). The average molecular weight is 512 g/mol. The number of anilines is 3. The molecule has 0 saturated heterocycles. The lowest BCUT2D eigenvalue weighted by molar-refractivity contribution is -0.137. The van der Waals surface area contributed by atoms with E-state index in [4.69, 9.17) is 0 Å². The molecule has 2 aromatic carbocycles. The Morgan fingerprint density at radius 1 is 1.05 bits per heavy atom. The Labute approximate surface area is 212 Å². The van der Waals surface area contributed by atoms with Crippen LogP contribution in [0.5, 0.6) is 0 Å². The van der Waals surface area contributed by atoms with E-state index in [2.05, 4.69) is 22.2 Å². The summed E-state index contributed by atoms with van der Waals surface area (Å²) in [6.45, 7) is 5.62. The Balaban J connectivity index is 2.02. The number of halogens is 3. The van der Waals surface area contributed by atoms with Crippen LogP contribution in [0.1, 0.15) is 24.5 Å². The Morgan fingerprint density at radius 2 is 1.78 bits per heavy atom. The first kappa shape index (κ1) is 27.3. The standard InChI is InChI=1S/C27H28F3N5O2/c1-4-5-6-8-19(2)15-16-34-25(36)33-24(32-23-10-7-9-21(17-23)27(28,29)30)35(26(34)37)18-20-11-13-22(31-3)14-12-20/h4-14,17,31H,1,15-16,18H2,2-3H3,(H,32,33,36)/b6-5-,19-8+. The number of hydrogen-bond acceptors (Lipinski definition) is 5. The van der Waals surface area contributed by atoms with Crippen LogP contribution >= 0.6 is 0 Å². The normalized spacial score (nSPS) is 12.1. The van der Waals surface area contributed by atoms with Crippen LogP contribution in [0.2, 0.25) is 0 Å². The lowest BCUT2D eigenvalue weighted by Gasteiger charge is -2.17.